The topological polar surface area (TPSA) is 35.5 Å². The molecule has 0 spiro atoms. The van der Waals surface area contributed by atoms with Crippen LogP contribution >= 0.6 is 11.6 Å². The number of carbonyl (C=O) groups is 1. The van der Waals surface area contributed by atoms with E-state index >= 15 is 0 Å². The predicted octanol–water partition coefficient (Wildman–Crippen LogP) is 4.10. The summed E-state index contributed by atoms with van der Waals surface area (Å²) in [6.45, 7) is 2.65. The Labute approximate surface area is 129 Å². The molecule has 0 amide bonds. The van der Waals surface area contributed by atoms with Crippen LogP contribution in [0.25, 0.3) is 0 Å². The third kappa shape index (κ3) is 5.21. The molecular formula is C17H17ClO3. The minimum Gasteiger partial charge on any atom is -0.457 e. The molecule has 0 heterocycles. The largest absolute Gasteiger partial charge is 0.457 e. The van der Waals surface area contributed by atoms with E-state index in [2.05, 4.69) is 0 Å². The summed E-state index contributed by atoms with van der Waals surface area (Å²) < 4.78 is 10.8. The number of hydrogen-bond acceptors (Lipinski definition) is 3. The molecule has 21 heavy (non-hydrogen) atoms. The van der Waals surface area contributed by atoms with E-state index in [1.165, 1.54) is 0 Å². The number of hydrogen-bond donors (Lipinski definition) is 0. The Morgan fingerprint density at radius 1 is 1.14 bits per heavy atom. The molecule has 0 saturated heterocycles. The van der Waals surface area contributed by atoms with Crippen molar-refractivity contribution in [3.05, 3.63) is 70.7 Å². The summed E-state index contributed by atoms with van der Waals surface area (Å²) in [5, 5.41) is 0.512. The summed E-state index contributed by atoms with van der Waals surface area (Å²) in [5.41, 5.74) is 1.53. The van der Waals surface area contributed by atoms with Crippen LogP contribution in [-0.2, 0) is 16.1 Å². The monoisotopic (exact) mass is 304 g/mol. The number of esters is 1. The van der Waals surface area contributed by atoms with Crippen LogP contribution in [0, 0.1) is 0 Å². The fraction of sp³-hybridized carbons (Fsp3) is 0.235. The van der Waals surface area contributed by atoms with Crippen molar-refractivity contribution in [1.29, 1.82) is 0 Å². The van der Waals surface area contributed by atoms with E-state index in [1.54, 1.807) is 31.2 Å². The lowest BCUT2D eigenvalue weighted by Gasteiger charge is -2.13. The van der Waals surface area contributed by atoms with Crippen LogP contribution in [0.4, 0.5) is 0 Å². The van der Waals surface area contributed by atoms with Gasteiger partial charge in [-0.25, -0.2) is 4.79 Å². The molecule has 1 atom stereocenters. The lowest BCUT2D eigenvalue weighted by atomic mass is 10.2. The van der Waals surface area contributed by atoms with Gasteiger partial charge in [-0.3, -0.25) is 0 Å². The highest BCUT2D eigenvalue weighted by Crippen LogP contribution is 2.12. The first-order valence-electron chi connectivity index (χ1n) is 6.73. The van der Waals surface area contributed by atoms with Crippen LogP contribution in [0.5, 0.6) is 0 Å². The Bertz CT molecular complexity index is 584. The van der Waals surface area contributed by atoms with E-state index < -0.39 is 5.97 Å². The molecule has 0 aliphatic rings. The first-order chi connectivity index (χ1) is 10.1. The Morgan fingerprint density at radius 3 is 2.62 bits per heavy atom. The van der Waals surface area contributed by atoms with Gasteiger partial charge in [0.1, 0.15) is 6.10 Å². The van der Waals surface area contributed by atoms with Crippen molar-refractivity contribution in [2.24, 2.45) is 0 Å². The van der Waals surface area contributed by atoms with Gasteiger partial charge >= 0.3 is 5.97 Å². The van der Waals surface area contributed by atoms with Gasteiger partial charge in [-0.2, -0.15) is 0 Å². The number of halogens is 1. The van der Waals surface area contributed by atoms with Crippen LogP contribution in [0.2, 0.25) is 5.02 Å². The van der Waals surface area contributed by atoms with E-state index in [-0.39, 0.29) is 6.10 Å². The molecule has 0 aromatic heterocycles. The molecule has 0 fully saturated rings. The number of rotatable bonds is 6. The van der Waals surface area contributed by atoms with Crippen molar-refractivity contribution < 1.29 is 14.3 Å². The third-order valence-electron chi connectivity index (χ3n) is 2.83. The lowest BCUT2D eigenvalue weighted by molar-refractivity contribution is -0.00166. The first kappa shape index (κ1) is 15.5. The van der Waals surface area contributed by atoms with Gasteiger partial charge in [0.2, 0.25) is 0 Å². The molecule has 2 aromatic rings. The lowest BCUT2D eigenvalue weighted by Crippen LogP contribution is -2.20. The van der Waals surface area contributed by atoms with Crippen LogP contribution in [0.1, 0.15) is 22.8 Å². The normalized spacial score (nSPS) is 11.9. The van der Waals surface area contributed by atoms with Gasteiger partial charge in [0.15, 0.2) is 0 Å². The van der Waals surface area contributed by atoms with Gasteiger partial charge in [0.25, 0.3) is 0 Å². The molecule has 2 aromatic carbocycles. The third-order valence-corrected chi connectivity index (χ3v) is 3.07. The Hall–Kier alpha value is -1.84. The Morgan fingerprint density at radius 2 is 1.90 bits per heavy atom. The van der Waals surface area contributed by atoms with Crippen LogP contribution in [-0.4, -0.2) is 18.7 Å². The number of ether oxygens (including phenoxy) is 2. The molecular weight excluding hydrogens is 288 g/mol. The summed E-state index contributed by atoms with van der Waals surface area (Å²) in [5.74, 6) is -0.395. The van der Waals surface area contributed by atoms with E-state index in [0.717, 1.165) is 5.56 Å². The molecule has 0 N–H and O–H groups in total. The van der Waals surface area contributed by atoms with Crippen molar-refractivity contribution in [2.75, 3.05) is 6.61 Å². The van der Waals surface area contributed by atoms with Crippen LogP contribution in [0.3, 0.4) is 0 Å². The van der Waals surface area contributed by atoms with Gasteiger partial charge < -0.3 is 9.47 Å². The van der Waals surface area contributed by atoms with Crippen molar-refractivity contribution in [2.45, 2.75) is 19.6 Å². The van der Waals surface area contributed by atoms with E-state index in [9.17, 15) is 4.79 Å². The quantitative estimate of drug-likeness (QED) is 0.754. The average Bonchev–Trinajstić information content (AvgIpc) is 2.48. The molecule has 2 rings (SSSR count). The second-order valence-corrected chi connectivity index (χ2v) is 5.16. The summed E-state index contributed by atoms with van der Waals surface area (Å²) in [6.07, 6.45) is -0.319. The highest BCUT2D eigenvalue weighted by molar-refractivity contribution is 6.30. The number of carbonyl (C=O) groups excluding carboxylic acids is 1. The Balaban J connectivity index is 1.76. The molecule has 4 heteroatoms. The molecule has 0 saturated carbocycles. The van der Waals surface area contributed by atoms with Crippen molar-refractivity contribution >= 4 is 17.6 Å². The predicted molar refractivity (Wildman–Crippen MR) is 82.4 cm³/mol. The van der Waals surface area contributed by atoms with Gasteiger partial charge in [-0.05, 0) is 30.7 Å². The summed E-state index contributed by atoms with van der Waals surface area (Å²) >= 11 is 5.84. The molecule has 3 nitrogen and oxygen atoms in total. The zero-order chi connectivity index (χ0) is 15.1. The maximum atomic E-state index is 11.9. The minimum atomic E-state index is -0.395. The summed E-state index contributed by atoms with van der Waals surface area (Å²) in [6, 6.07) is 16.5. The van der Waals surface area contributed by atoms with Gasteiger partial charge in [0, 0.05) is 5.02 Å². The highest BCUT2D eigenvalue weighted by Gasteiger charge is 2.12. The van der Waals surface area contributed by atoms with Crippen molar-refractivity contribution in [3.8, 4) is 0 Å². The van der Waals surface area contributed by atoms with Crippen molar-refractivity contribution in [3.63, 3.8) is 0 Å². The number of benzene rings is 2. The maximum Gasteiger partial charge on any atom is 0.338 e. The summed E-state index contributed by atoms with van der Waals surface area (Å²) in [7, 11) is 0. The fourth-order valence-corrected chi connectivity index (χ4v) is 2.01. The maximum absolute atomic E-state index is 11.9. The SMILES string of the molecule is CC(COCc1ccccc1)OC(=O)c1cccc(Cl)c1. The van der Waals surface area contributed by atoms with Crippen LogP contribution in [0.15, 0.2) is 54.6 Å². The zero-order valence-electron chi connectivity index (χ0n) is 11.8. The molecule has 0 aliphatic heterocycles. The smallest absolute Gasteiger partial charge is 0.338 e. The standard InChI is InChI=1S/C17H17ClO3/c1-13(11-20-12-14-6-3-2-4-7-14)21-17(19)15-8-5-9-16(18)10-15/h2-10,13H,11-12H2,1H3. The van der Waals surface area contributed by atoms with Gasteiger partial charge in [0.05, 0.1) is 18.8 Å². The second kappa shape index (κ2) is 7.81. The highest BCUT2D eigenvalue weighted by atomic mass is 35.5. The molecule has 0 bridgehead atoms. The molecule has 0 radical (unpaired) electrons. The van der Waals surface area contributed by atoms with Crippen LogP contribution < -0.4 is 0 Å². The molecule has 1 unspecified atom stereocenters. The van der Waals surface area contributed by atoms with Crippen molar-refractivity contribution in [1.82, 2.24) is 0 Å². The minimum absolute atomic E-state index is 0.319. The fourth-order valence-electron chi connectivity index (χ4n) is 1.82. The molecule has 0 aliphatic carbocycles. The van der Waals surface area contributed by atoms with Gasteiger partial charge in [-0.1, -0.05) is 48.0 Å². The second-order valence-electron chi connectivity index (χ2n) is 4.73. The Kier molecular flexibility index (Phi) is 5.78. The first-order valence-corrected chi connectivity index (χ1v) is 7.11. The van der Waals surface area contributed by atoms with Gasteiger partial charge in [-0.15, -0.1) is 0 Å². The van der Waals surface area contributed by atoms with E-state index in [1.807, 2.05) is 30.3 Å². The summed E-state index contributed by atoms with van der Waals surface area (Å²) in [4.78, 5) is 11.9. The zero-order valence-corrected chi connectivity index (χ0v) is 12.5. The average molecular weight is 305 g/mol. The van der Waals surface area contributed by atoms with E-state index in [0.29, 0.717) is 23.8 Å². The van der Waals surface area contributed by atoms with E-state index in [4.69, 9.17) is 21.1 Å². The molecule has 110 valence electrons.